The number of nitrogens with one attached hydrogen (secondary N) is 1. The van der Waals surface area contributed by atoms with Gasteiger partial charge in [0, 0.05) is 40.8 Å². The molecule has 2 atom stereocenters. The van der Waals surface area contributed by atoms with Crippen LogP contribution >= 0.6 is 11.6 Å². The molecule has 0 aromatic heterocycles. The maximum Gasteiger partial charge on any atom is 0.255 e. The Morgan fingerprint density at radius 1 is 1.00 bits per heavy atom. The van der Waals surface area contributed by atoms with Gasteiger partial charge in [-0.05, 0) is 67.6 Å². The monoisotopic (exact) mass is 485 g/mol. The molecule has 2 aromatic rings. The lowest BCUT2D eigenvalue weighted by atomic mass is 9.85. The number of benzene rings is 2. The predicted molar refractivity (Wildman–Crippen MR) is 133 cm³/mol. The van der Waals surface area contributed by atoms with Crippen molar-refractivity contribution >= 4 is 29.1 Å². The maximum absolute atomic E-state index is 13.7. The van der Waals surface area contributed by atoms with Gasteiger partial charge in [0.15, 0.2) is 0 Å². The second-order valence-corrected chi connectivity index (χ2v) is 9.99. The van der Waals surface area contributed by atoms with Crippen molar-refractivity contribution in [3.05, 3.63) is 64.4 Å². The van der Waals surface area contributed by atoms with Crippen LogP contribution in [0.25, 0.3) is 0 Å². The van der Waals surface area contributed by atoms with Gasteiger partial charge in [-0.25, -0.2) is 4.39 Å². The Morgan fingerprint density at radius 2 is 1.74 bits per heavy atom. The molecular weight excluding hydrogens is 453 g/mol. The van der Waals surface area contributed by atoms with E-state index in [0.29, 0.717) is 17.3 Å². The molecule has 182 valence electrons. The number of carbonyl (C=O) groups excluding carboxylic acids is 2. The fraction of sp³-hybridized carbons (Fsp3) is 0.481. The molecule has 0 spiro atoms. The van der Waals surface area contributed by atoms with Gasteiger partial charge in [-0.15, -0.1) is 0 Å². The molecule has 3 N–H and O–H groups in total. The van der Waals surface area contributed by atoms with E-state index in [0.717, 1.165) is 56.9 Å². The van der Waals surface area contributed by atoms with Gasteiger partial charge in [0.25, 0.3) is 5.91 Å². The Bertz CT molecular complexity index is 1020. The van der Waals surface area contributed by atoms with E-state index in [1.165, 1.54) is 24.6 Å². The van der Waals surface area contributed by atoms with E-state index in [2.05, 4.69) is 5.32 Å². The molecule has 0 heterocycles. The third-order valence-electron chi connectivity index (χ3n) is 7.15. The van der Waals surface area contributed by atoms with Crippen molar-refractivity contribution in [3.8, 4) is 0 Å². The fourth-order valence-corrected chi connectivity index (χ4v) is 5.44. The highest BCUT2D eigenvalue weighted by molar-refractivity contribution is 6.31. The SMILES string of the molecule is NC1CCCCC1N(Cc1cc(NC(=O)c2cccc(F)c2)ccc1Cl)C(=O)C1CCCCC1. The van der Waals surface area contributed by atoms with Crippen LogP contribution in [0.3, 0.4) is 0 Å². The van der Waals surface area contributed by atoms with E-state index in [-0.39, 0.29) is 29.5 Å². The number of halogens is 2. The molecular formula is C27H33ClFN3O2. The van der Waals surface area contributed by atoms with Gasteiger partial charge in [0.1, 0.15) is 5.82 Å². The van der Waals surface area contributed by atoms with Crippen molar-refractivity contribution in [1.82, 2.24) is 4.90 Å². The fourth-order valence-electron chi connectivity index (χ4n) is 5.26. The zero-order chi connectivity index (χ0) is 24.1. The Labute approximate surface area is 205 Å². The molecule has 2 unspecified atom stereocenters. The van der Waals surface area contributed by atoms with E-state index in [9.17, 15) is 14.0 Å². The van der Waals surface area contributed by atoms with Crippen LogP contribution in [0.1, 0.15) is 73.7 Å². The smallest absolute Gasteiger partial charge is 0.255 e. The Balaban J connectivity index is 1.56. The van der Waals surface area contributed by atoms with E-state index >= 15 is 0 Å². The first-order valence-corrected chi connectivity index (χ1v) is 12.7. The first kappa shape index (κ1) is 24.7. The third-order valence-corrected chi connectivity index (χ3v) is 7.52. The van der Waals surface area contributed by atoms with Crippen LogP contribution in [-0.2, 0) is 11.3 Å². The molecule has 2 aliphatic carbocycles. The van der Waals surface area contributed by atoms with Crippen molar-refractivity contribution in [1.29, 1.82) is 0 Å². The Kier molecular flexibility index (Phi) is 8.22. The van der Waals surface area contributed by atoms with Crippen molar-refractivity contribution in [2.75, 3.05) is 5.32 Å². The summed E-state index contributed by atoms with van der Waals surface area (Å²) >= 11 is 6.55. The largest absolute Gasteiger partial charge is 0.334 e. The average Bonchev–Trinajstić information content (AvgIpc) is 2.85. The maximum atomic E-state index is 13.7. The Hall–Kier alpha value is -2.44. The molecule has 4 rings (SSSR count). The van der Waals surface area contributed by atoms with E-state index in [1.807, 2.05) is 4.90 Å². The molecule has 2 aromatic carbocycles. The number of nitrogens with two attached hydrogens (primary N) is 1. The molecule has 0 aliphatic heterocycles. The van der Waals surface area contributed by atoms with Crippen LogP contribution < -0.4 is 11.1 Å². The number of amides is 2. The summed E-state index contributed by atoms with van der Waals surface area (Å²) in [4.78, 5) is 28.2. The molecule has 0 radical (unpaired) electrons. The summed E-state index contributed by atoms with van der Waals surface area (Å²) < 4.78 is 13.5. The van der Waals surface area contributed by atoms with Gasteiger partial charge in [-0.2, -0.15) is 0 Å². The second kappa shape index (κ2) is 11.3. The summed E-state index contributed by atoms with van der Waals surface area (Å²) in [6, 6.07) is 10.7. The highest BCUT2D eigenvalue weighted by Gasteiger charge is 2.35. The number of anilines is 1. The molecule has 34 heavy (non-hydrogen) atoms. The van der Waals surface area contributed by atoms with Crippen molar-refractivity contribution in [2.24, 2.45) is 11.7 Å². The number of carbonyl (C=O) groups is 2. The minimum atomic E-state index is -0.467. The van der Waals surface area contributed by atoms with Gasteiger partial charge in [-0.3, -0.25) is 9.59 Å². The van der Waals surface area contributed by atoms with Gasteiger partial charge in [-0.1, -0.05) is 49.8 Å². The van der Waals surface area contributed by atoms with Crippen molar-refractivity contribution in [2.45, 2.75) is 76.4 Å². The lowest BCUT2D eigenvalue weighted by Crippen LogP contribution is -2.53. The normalized spacial score (nSPS) is 21.1. The van der Waals surface area contributed by atoms with Crippen LogP contribution in [-0.4, -0.2) is 28.8 Å². The number of rotatable bonds is 6. The lowest BCUT2D eigenvalue weighted by Gasteiger charge is -2.41. The number of hydrogen-bond donors (Lipinski definition) is 2. The van der Waals surface area contributed by atoms with Crippen molar-refractivity contribution in [3.63, 3.8) is 0 Å². The average molecular weight is 486 g/mol. The predicted octanol–water partition coefficient (Wildman–Crippen LogP) is 5.91. The molecule has 2 fully saturated rings. The van der Waals surface area contributed by atoms with E-state index in [4.69, 9.17) is 17.3 Å². The van der Waals surface area contributed by atoms with E-state index in [1.54, 1.807) is 24.3 Å². The zero-order valence-electron chi connectivity index (χ0n) is 19.4. The molecule has 7 heteroatoms. The summed E-state index contributed by atoms with van der Waals surface area (Å²) in [7, 11) is 0. The highest BCUT2D eigenvalue weighted by Crippen LogP contribution is 2.32. The lowest BCUT2D eigenvalue weighted by molar-refractivity contribution is -0.141. The third kappa shape index (κ3) is 5.97. The summed E-state index contributed by atoms with van der Waals surface area (Å²) in [5.41, 5.74) is 8.04. The standard InChI is InChI=1S/C27H33ClFN3O2/c28-23-14-13-22(31-26(33)19-9-6-10-21(29)15-19)16-20(23)17-32(25-12-5-4-11-24(25)30)27(34)18-7-2-1-3-8-18/h6,9-10,13-16,18,24-25H,1-5,7-8,11-12,17,30H2,(H,31,33). The summed E-state index contributed by atoms with van der Waals surface area (Å²) in [6.45, 7) is 0.357. The van der Waals surface area contributed by atoms with Gasteiger partial charge >= 0.3 is 0 Å². The molecule has 5 nitrogen and oxygen atoms in total. The van der Waals surface area contributed by atoms with Crippen LogP contribution in [0.15, 0.2) is 42.5 Å². The van der Waals surface area contributed by atoms with Gasteiger partial charge < -0.3 is 16.0 Å². The first-order chi connectivity index (χ1) is 16.4. The van der Waals surface area contributed by atoms with Crippen LogP contribution in [0, 0.1) is 11.7 Å². The highest BCUT2D eigenvalue weighted by atomic mass is 35.5. The molecule has 2 aliphatic rings. The topological polar surface area (TPSA) is 75.4 Å². The van der Waals surface area contributed by atoms with Gasteiger partial charge in [0.05, 0.1) is 0 Å². The Morgan fingerprint density at radius 3 is 2.47 bits per heavy atom. The summed E-state index contributed by atoms with van der Waals surface area (Å²) in [5, 5.41) is 3.35. The van der Waals surface area contributed by atoms with Crippen molar-refractivity contribution < 1.29 is 14.0 Å². The van der Waals surface area contributed by atoms with Crippen LogP contribution in [0.5, 0.6) is 0 Å². The molecule has 0 bridgehead atoms. The zero-order valence-corrected chi connectivity index (χ0v) is 20.2. The number of hydrogen-bond acceptors (Lipinski definition) is 3. The molecule has 2 saturated carbocycles. The van der Waals surface area contributed by atoms with Crippen LogP contribution in [0.2, 0.25) is 5.02 Å². The second-order valence-electron chi connectivity index (χ2n) is 9.59. The quantitative estimate of drug-likeness (QED) is 0.534. The first-order valence-electron chi connectivity index (χ1n) is 12.3. The van der Waals surface area contributed by atoms with Crippen LogP contribution in [0.4, 0.5) is 10.1 Å². The summed E-state index contributed by atoms with van der Waals surface area (Å²) in [5.74, 6) is -0.660. The van der Waals surface area contributed by atoms with Gasteiger partial charge in [0.2, 0.25) is 5.91 Å². The molecule has 2 amide bonds. The number of nitrogens with zero attached hydrogens (tertiary/aromatic N) is 1. The minimum absolute atomic E-state index is 0.00946. The minimum Gasteiger partial charge on any atom is -0.334 e. The van der Waals surface area contributed by atoms with E-state index < -0.39 is 11.7 Å². The summed E-state index contributed by atoms with van der Waals surface area (Å²) in [6.07, 6.45) is 9.17. The molecule has 0 saturated heterocycles.